The monoisotopic (exact) mass is 472 g/mol. The highest BCUT2D eigenvalue weighted by Gasteiger charge is 2.28. The number of rotatable bonds is 8. The summed E-state index contributed by atoms with van der Waals surface area (Å²) < 4.78 is 33.1. The summed E-state index contributed by atoms with van der Waals surface area (Å²) in [4.78, 5) is 14.6. The normalized spacial score (nSPS) is 11.1. The number of halogens is 1. The number of carbonyl (C=O) groups is 1. The van der Waals surface area contributed by atoms with Crippen LogP contribution in [0.4, 0.5) is 5.69 Å². The Bertz CT molecular complexity index is 1160. The molecule has 0 fully saturated rings. The van der Waals surface area contributed by atoms with Crippen molar-refractivity contribution in [2.45, 2.75) is 18.4 Å². The average molecular weight is 473 g/mol. The molecule has 3 rings (SSSR count). The number of carbonyl (C=O) groups excluding carboxylic acids is 1. The summed E-state index contributed by atoms with van der Waals surface area (Å²) in [7, 11) is -0.736. The van der Waals surface area contributed by atoms with Crippen LogP contribution in [0.15, 0.2) is 77.7 Å². The van der Waals surface area contributed by atoms with Gasteiger partial charge in [0.05, 0.1) is 17.7 Å². The summed E-state index contributed by atoms with van der Waals surface area (Å²) in [5.74, 6) is 0.382. The lowest BCUT2D eigenvalue weighted by Crippen LogP contribution is -2.41. The number of hydrogen-bond donors (Lipinski definition) is 0. The van der Waals surface area contributed by atoms with Gasteiger partial charge < -0.3 is 9.64 Å². The van der Waals surface area contributed by atoms with Gasteiger partial charge in [0.15, 0.2) is 0 Å². The molecule has 0 N–H and O–H groups in total. The first kappa shape index (κ1) is 23.6. The van der Waals surface area contributed by atoms with Gasteiger partial charge in [0, 0.05) is 18.6 Å². The molecular formula is C24H25ClN2O4S. The van der Waals surface area contributed by atoms with E-state index >= 15 is 0 Å². The summed E-state index contributed by atoms with van der Waals surface area (Å²) >= 11 is 5.98. The van der Waals surface area contributed by atoms with Crippen LogP contribution in [0.25, 0.3) is 0 Å². The summed E-state index contributed by atoms with van der Waals surface area (Å²) in [6.07, 6.45) is 0. The third-order valence-electron chi connectivity index (χ3n) is 5.01. The van der Waals surface area contributed by atoms with Crippen LogP contribution in [0, 0.1) is 6.92 Å². The van der Waals surface area contributed by atoms with Crippen LogP contribution < -0.4 is 9.04 Å². The minimum atomic E-state index is -3.97. The van der Waals surface area contributed by atoms with E-state index in [1.165, 1.54) is 4.90 Å². The second kappa shape index (κ2) is 10.1. The zero-order valence-corrected chi connectivity index (χ0v) is 19.7. The number of hydrogen-bond acceptors (Lipinski definition) is 4. The maximum Gasteiger partial charge on any atom is 0.264 e. The van der Waals surface area contributed by atoms with Crippen LogP contribution in [0.2, 0.25) is 5.02 Å². The van der Waals surface area contributed by atoms with E-state index in [1.807, 2.05) is 31.2 Å². The molecule has 0 radical (unpaired) electrons. The molecule has 0 heterocycles. The molecule has 0 unspecified atom stereocenters. The van der Waals surface area contributed by atoms with Crippen molar-refractivity contribution in [3.05, 3.63) is 88.9 Å². The summed E-state index contributed by atoms with van der Waals surface area (Å²) in [5, 5.41) is 0.476. The van der Waals surface area contributed by atoms with Crippen molar-refractivity contribution in [3.8, 4) is 5.75 Å². The fourth-order valence-corrected chi connectivity index (χ4v) is 4.64. The zero-order valence-electron chi connectivity index (χ0n) is 18.2. The Labute approximate surface area is 194 Å². The van der Waals surface area contributed by atoms with Crippen LogP contribution in [0.3, 0.4) is 0 Å². The molecule has 0 aromatic heterocycles. The van der Waals surface area contributed by atoms with Crippen LogP contribution in [-0.2, 0) is 21.4 Å². The van der Waals surface area contributed by atoms with Gasteiger partial charge in [-0.3, -0.25) is 9.10 Å². The molecule has 0 aliphatic rings. The lowest BCUT2D eigenvalue weighted by atomic mass is 10.2. The van der Waals surface area contributed by atoms with Gasteiger partial charge in [-0.1, -0.05) is 41.4 Å². The summed E-state index contributed by atoms with van der Waals surface area (Å²) in [5.41, 5.74) is 2.21. The predicted octanol–water partition coefficient (Wildman–Crippen LogP) is 4.51. The molecule has 0 spiro atoms. The minimum Gasteiger partial charge on any atom is -0.497 e. The number of likely N-dealkylation sites (N-methyl/N-ethyl adjacent to an activating group) is 1. The van der Waals surface area contributed by atoms with Crippen molar-refractivity contribution in [1.82, 2.24) is 4.90 Å². The van der Waals surface area contributed by atoms with Gasteiger partial charge in [0.25, 0.3) is 10.0 Å². The molecule has 168 valence electrons. The van der Waals surface area contributed by atoms with Gasteiger partial charge in [-0.2, -0.15) is 0 Å². The van der Waals surface area contributed by atoms with E-state index in [4.69, 9.17) is 16.3 Å². The molecule has 0 aliphatic heterocycles. The molecule has 8 heteroatoms. The third kappa shape index (κ3) is 5.60. The Morgan fingerprint density at radius 1 is 0.938 bits per heavy atom. The van der Waals surface area contributed by atoms with Crippen molar-refractivity contribution in [2.75, 3.05) is 25.0 Å². The Morgan fingerprint density at radius 3 is 2.09 bits per heavy atom. The van der Waals surface area contributed by atoms with Crippen molar-refractivity contribution in [3.63, 3.8) is 0 Å². The second-order valence-electron chi connectivity index (χ2n) is 7.40. The lowest BCUT2D eigenvalue weighted by molar-refractivity contribution is -0.128. The molecule has 0 saturated heterocycles. The number of nitrogens with zero attached hydrogens (tertiary/aromatic N) is 2. The van der Waals surface area contributed by atoms with Crippen LogP contribution >= 0.6 is 11.6 Å². The Kier molecular flexibility index (Phi) is 7.43. The molecule has 3 aromatic carbocycles. The van der Waals surface area contributed by atoms with Crippen LogP contribution in [0.5, 0.6) is 5.75 Å². The standard InChI is InChI=1S/C24H25ClN2O4S/c1-18-4-14-23(15-5-18)32(29,30)27(21-10-8-20(25)9-11-21)17-24(28)26(2)16-19-6-12-22(31-3)13-7-19/h4-15H,16-17H2,1-3H3. The highest BCUT2D eigenvalue weighted by Crippen LogP contribution is 2.26. The molecule has 6 nitrogen and oxygen atoms in total. The van der Waals surface area contributed by atoms with Gasteiger partial charge in [-0.15, -0.1) is 0 Å². The molecule has 1 amide bonds. The number of benzene rings is 3. The maximum absolute atomic E-state index is 13.4. The Hall–Kier alpha value is -3.03. The quantitative estimate of drug-likeness (QED) is 0.483. The zero-order chi connectivity index (χ0) is 23.3. The molecule has 32 heavy (non-hydrogen) atoms. The first-order valence-corrected chi connectivity index (χ1v) is 11.7. The Balaban J connectivity index is 1.86. The van der Waals surface area contributed by atoms with Crippen molar-refractivity contribution in [2.24, 2.45) is 0 Å². The molecule has 3 aromatic rings. The maximum atomic E-state index is 13.4. The highest BCUT2D eigenvalue weighted by atomic mass is 35.5. The fraction of sp³-hybridized carbons (Fsp3) is 0.208. The lowest BCUT2D eigenvalue weighted by Gasteiger charge is -2.27. The van der Waals surface area contributed by atoms with Gasteiger partial charge in [0.1, 0.15) is 12.3 Å². The summed E-state index contributed by atoms with van der Waals surface area (Å²) in [6.45, 7) is 1.87. The van der Waals surface area contributed by atoms with E-state index in [0.29, 0.717) is 17.3 Å². The van der Waals surface area contributed by atoms with Crippen molar-refractivity contribution in [1.29, 1.82) is 0 Å². The molecule has 0 atom stereocenters. The topological polar surface area (TPSA) is 66.9 Å². The van der Waals surface area contributed by atoms with Crippen molar-refractivity contribution < 1.29 is 17.9 Å². The van der Waals surface area contributed by atoms with E-state index in [9.17, 15) is 13.2 Å². The van der Waals surface area contributed by atoms with E-state index < -0.39 is 10.0 Å². The smallest absolute Gasteiger partial charge is 0.264 e. The van der Waals surface area contributed by atoms with Gasteiger partial charge in [-0.05, 0) is 61.0 Å². The average Bonchev–Trinajstić information content (AvgIpc) is 2.78. The number of methoxy groups -OCH3 is 1. The van der Waals surface area contributed by atoms with Gasteiger partial charge >= 0.3 is 0 Å². The van der Waals surface area contributed by atoms with Crippen molar-refractivity contribution >= 4 is 33.2 Å². The molecule has 0 aliphatic carbocycles. The van der Waals surface area contributed by atoms with E-state index in [-0.39, 0.29) is 17.3 Å². The number of sulfonamides is 1. The molecule has 0 bridgehead atoms. The number of anilines is 1. The van der Waals surface area contributed by atoms with Crippen LogP contribution in [-0.4, -0.2) is 39.9 Å². The fourth-order valence-electron chi connectivity index (χ4n) is 3.10. The first-order chi connectivity index (χ1) is 15.2. The second-order valence-corrected chi connectivity index (χ2v) is 9.70. The van der Waals surface area contributed by atoms with E-state index in [0.717, 1.165) is 21.2 Å². The molecule has 0 saturated carbocycles. The van der Waals surface area contributed by atoms with Gasteiger partial charge in [-0.25, -0.2) is 8.42 Å². The summed E-state index contributed by atoms with van der Waals surface area (Å²) in [6, 6.07) is 20.3. The van der Waals surface area contributed by atoms with E-state index in [1.54, 1.807) is 62.7 Å². The molecular weight excluding hydrogens is 448 g/mol. The first-order valence-electron chi connectivity index (χ1n) is 9.92. The van der Waals surface area contributed by atoms with Crippen LogP contribution in [0.1, 0.15) is 11.1 Å². The van der Waals surface area contributed by atoms with Gasteiger partial charge in [0.2, 0.25) is 5.91 Å². The third-order valence-corrected chi connectivity index (χ3v) is 7.05. The number of ether oxygens (including phenoxy) is 1. The minimum absolute atomic E-state index is 0.114. The van der Waals surface area contributed by atoms with E-state index in [2.05, 4.69) is 0 Å². The predicted molar refractivity (Wildman–Crippen MR) is 127 cm³/mol. The number of amides is 1. The Morgan fingerprint density at radius 2 is 1.53 bits per heavy atom. The highest BCUT2D eigenvalue weighted by molar-refractivity contribution is 7.92. The number of aryl methyl sites for hydroxylation is 1. The largest absolute Gasteiger partial charge is 0.497 e. The SMILES string of the molecule is COc1ccc(CN(C)C(=O)CN(c2ccc(Cl)cc2)S(=O)(=O)c2ccc(C)cc2)cc1.